The summed E-state index contributed by atoms with van der Waals surface area (Å²) in [4.78, 5) is 0.408. The lowest BCUT2D eigenvalue weighted by atomic mass is 9.87. The first-order valence-electron chi connectivity index (χ1n) is 7.13. The molecule has 1 heterocycles. The highest BCUT2D eigenvalue weighted by Crippen LogP contribution is 2.28. The lowest BCUT2D eigenvalue weighted by Crippen LogP contribution is -2.43. The Hall–Kier alpha value is -0.910. The van der Waals surface area contributed by atoms with Crippen LogP contribution in [-0.4, -0.2) is 27.5 Å². The van der Waals surface area contributed by atoms with Crippen LogP contribution < -0.4 is 10.0 Å². The van der Waals surface area contributed by atoms with Gasteiger partial charge in [-0.25, -0.2) is 13.1 Å². The van der Waals surface area contributed by atoms with Gasteiger partial charge >= 0.3 is 0 Å². The van der Waals surface area contributed by atoms with Gasteiger partial charge in [-0.2, -0.15) is 0 Å². The molecule has 1 aromatic rings. The fourth-order valence-corrected chi connectivity index (χ4v) is 4.27. The Balaban J connectivity index is 2.29. The Morgan fingerprint density at radius 3 is 2.35 bits per heavy atom. The second-order valence-corrected chi connectivity index (χ2v) is 8.07. The minimum atomic E-state index is -3.45. The van der Waals surface area contributed by atoms with Crippen LogP contribution >= 0.6 is 0 Å². The number of sulfonamides is 1. The molecule has 1 aliphatic heterocycles. The largest absolute Gasteiger partial charge is 0.317 e. The molecular formula is C15H24N2O2S. The van der Waals surface area contributed by atoms with Crippen LogP contribution in [0.2, 0.25) is 0 Å². The van der Waals surface area contributed by atoms with Crippen molar-refractivity contribution in [2.45, 2.75) is 50.0 Å². The van der Waals surface area contributed by atoms with Gasteiger partial charge in [0, 0.05) is 6.04 Å². The maximum atomic E-state index is 12.6. The van der Waals surface area contributed by atoms with E-state index in [1.807, 2.05) is 32.9 Å². The summed E-state index contributed by atoms with van der Waals surface area (Å²) in [6.07, 6.45) is 1.69. The summed E-state index contributed by atoms with van der Waals surface area (Å²) in [6.45, 7) is 7.84. The number of piperidine rings is 1. The van der Waals surface area contributed by atoms with Crippen LogP contribution in [0.4, 0.5) is 0 Å². The van der Waals surface area contributed by atoms with E-state index in [1.165, 1.54) is 0 Å². The summed E-state index contributed by atoms with van der Waals surface area (Å²) in [5, 5.41) is 3.24. The minimum Gasteiger partial charge on any atom is -0.317 e. The fraction of sp³-hybridized carbons (Fsp3) is 0.600. The zero-order valence-corrected chi connectivity index (χ0v) is 13.3. The van der Waals surface area contributed by atoms with Crippen LogP contribution in [0.3, 0.4) is 0 Å². The quantitative estimate of drug-likeness (QED) is 0.897. The monoisotopic (exact) mass is 296 g/mol. The molecule has 0 saturated carbocycles. The summed E-state index contributed by atoms with van der Waals surface area (Å²) in [7, 11) is -3.45. The summed E-state index contributed by atoms with van der Waals surface area (Å²) in [6, 6.07) is 7.31. The lowest BCUT2D eigenvalue weighted by Gasteiger charge is -2.26. The maximum Gasteiger partial charge on any atom is 0.241 e. The SMILES string of the molecule is CC(C)(C)c1ccccc1S(=O)(=O)NC1CCNCC1. The summed E-state index contributed by atoms with van der Waals surface area (Å²) < 4.78 is 28.1. The van der Waals surface area contributed by atoms with E-state index in [0.29, 0.717) is 4.90 Å². The molecule has 0 aliphatic carbocycles. The highest BCUT2D eigenvalue weighted by molar-refractivity contribution is 7.89. The van der Waals surface area contributed by atoms with Crippen molar-refractivity contribution in [2.24, 2.45) is 0 Å². The Morgan fingerprint density at radius 2 is 1.75 bits per heavy atom. The van der Waals surface area contributed by atoms with Crippen molar-refractivity contribution in [3.8, 4) is 0 Å². The first-order valence-corrected chi connectivity index (χ1v) is 8.61. The summed E-state index contributed by atoms with van der Waals surface area (Å²) in [5.41, 5.74) is 0.667. The number of rotatable bonds is 3. The molecule has 20 heavy (non-hydrogen) atoms. The van der Waals surface area contributed by atoms with Crippen LogP contribution in [-0.2, 0) is 15.4 Å². The Kier molecular flexibility index (Phi) is 4.52. The van der Waals surface area contributed by atoms with Crippen LogP contribution in [0, 0.1) is 0 Å². The standard InChI is InChI=1S/C15H24N2O2S/c1-15(2,3)13-6-4-5-7-14(13)20(18,19)17-12-8-10-16-11-9-12/h4-7,12,16-17H,8-11H2,1-3H3. The molecular weight excluding hydrogens is 272 g/mol. The summed E-state index contributed by atoms with van der Waals surface area (Å²) in [5.74, 6) is 0. The molecule has 0 unspecified atom stereocenters. The van der Waals surface area contributed by atoms with Crippen molar-refractivity contribution in [2.75, 3.05) is 13.1 Å². The number of hydrogen-bond acceptors (Lipinski definition) is 3. The van der Waals surface area contributed by atoms with Crippen molar-refractivity contribution in [1.29, 1.82) is 0 Å². The molecule has 112 valence electrons. The van der Waals surface area contributed by atoms with Crippen molar-refractivity contribution >= 4 is 10.0 Å². The lowest BCUT2D eigenvalue weighted by molar-refractivity contribution is 0.426. The highest BCUT2D eigenvalue weighted by atomic mass is 32.2. The van der Waals surface area contributed by atoms with E-state index in [2.05, 4.69) is 10.0 Å². The topological polar surface area (TPSA) is 58.2 Å². The van der Waals surface area contributed by atoms with E-state index >= 15 is 0 Å². The van der Waals surface area contributed by atoms with E-state index in [0.717, 1.165) is 31.5 Å². The highest BCUT2D eigenvalue weighted by Gasteiger charge is 2.27. The number of hydrogen-bond donors (Lipinski definition) is 2. The van der Waals surface area contributed by atoms with Crippen LogP contribution in [0.5, 0.6) is 0 Å². The third-order valence-corrected chi connectivity index (χ3v) is 5.22. The van der Waals surface area contributed by atoms with Crippen LogP contribution in [0.15, 0.2) is 29.2 Å². The summed E-state index contributed by atoms with van der Waals surface area (Å²) >= 11 is 0. The van der Waals surface area contributed by atoms with E-state index in [-0.39, 0.29) is 11.5 Å². The average molecular weight is 296 g/mol. The van der Waals surface area contributed by atoms with Gasteiger partial charge in [0.25, 0.3) is 0 Å². The van der Waals surface area contributed by atoms with Crippen molar-refractivity contribution < 1.29 is 8.42 Å². The van der Waals surface area contributed by atoms with Gasteiger partial charge in [0.1, 0.15) is 0 Å². The second-order valence-electron chi connectivity index (χ2n) is 6.39. The van der Waals surface area contributed by atoms with Crippen LogP contribution in [0.25, 0.3) is 0 Å². The molecule has 0 spiro atoms. The first kappa shape index (κ1) is 15.5. The molecule has 1 aliphatic rings. The average Bonchev–Trinajstić information content (AvgIpc) is 2.38. The molecule has 2 rings (SSSR count). The predicted molar refractivity (Wildman–Crippen MR) is 81.4 cm³/mol. The smallest absolute Gasteiger partial charge is 0.241 e. The van der Waals surface area contributed by atoms with E-state index in [4.69, 9.17) is 0 Å². The molecule has 0 aromatic heterocycles. The van der Waals surface area contributed by atoms with Gasteiger partial charge < -0.3 is 5.32 Å². The van der Waals surface area contributed by atoms with Gasteiger partial charge in [-0.1, -0.05) is 39.0 Å². The Labute approximate surface area is 122 Å². The maximum absolute atomic E-state index is 12.6. The van der Waals surface area contributed by atoms with Gasteiger partial charge in [0.15, 0.2) is 0 Å². The zero-order chi connectivity index (χ0) is 14.8. The van der Waals surface area contributed by atoms with E-state index in [1.54, 1.807) is 12.1 Å². The van der Waals surface area contributed by atoms with Crippen molar-refractivity contribution in [3.05, 3.63) is 29.8 Å². The molecule has 0 radical (unpaired) electrons. The molecule has 0 amide bonds. The molecule has 1 saturated heterocycles. The fourth-order valence-electron chi connectivity index (χ4n) is 2.54. The molecule has 4 nitrogen and oxygen atoms in total. The molecule has 0 bridgehead atoms. The Bertz CT molecular complexity index is 555. The minimum absolute atomic E-state index is 0.0364. The van der Waals surface area contributed by atoms with Gasteiger partial charge in [-0.05, 0) is 43.0 Å². The van der Waals surface area contributed by atoms with E-state index < -0.39 is 10.0 Å². The van der Waals surface area contributed by atoms with Crippen molar-refractivity contribution in [3.63, 3.8) is 0 Å². The third kappa shape index (κ3) is 3.59. The van der Waals surface area contributed by atoms with Gasteiger partial charge in [-0.15, -0.1) is 0 Å². The molecule has 0 atom stereocenters. The van der Waals surface area contributed by atoms with Gasteiger partial charge in [0.2, 0.25) is 10.0 Å². The number of benzene rings is 1. The zero-order valence-electron chi connectivity index (χ0n) is 12.4. The Morgan fingerprint density at radius 1 is 1.15 bits per heavy atom. The molecule has 2 N–H and O–H groups in total. The second kappa shape index (κ2) is 5.84. The molecule has 1 fully saturated rings. The van der Waals surface area contributed by atoms with E-state index in [9.17, 15) is 8.42 Å². The first-order chi connectivity index (χ1) is 9.31. The normalized spacial score (nSPS) is 18.1. The third-order valence-electron chi connectivity index (χ3n) is 3.65. The molecule has 1 aromatic carbocycles. The van der Waals surface area contributed by atoms with Gasteiger partial charge in [0.05, 0.1) is 4.90 Å². The van der Waals surface area contributed by atoms with Crippen molar-refractivity contribution in [1.82, 2.24) is 10.0 Å². The predicted octanol–water partition coefficient (Wildman–Crippen LogP) is 2.01. The van der Waals surface area contributed by atoms with Crippen LogP contribution in [0.1, 0.15) is 39.2 Å². The number of nitrogens with one attached hydrogen (secondary N) is 2. The molecule has 5 heteroatoms. The van der Waals surface area contributed by atoms with Gasteiger partial charge in [-0.3, -0.25) is 0 Å².